The third-order valence-electron chi connectivity index (χ3n) is 2.91. The Labute approximate surface area is 105 Å². The minimum atomic E-state index is -0.385. The van der Waals surface area contributed by atoms with Crippen LogP contribution in [0.3, 0.4) is 0 Å². The van der Waals surface area contributed by atoms with Gasteiger partial charge in [-0.3, -0.25) is 4.90 Å². The first-order valence-corrected chi connectivity index (χ1v) is 5.87. The van der Waals surface area contributed by atoms with Crippen LogP contribution in [0.2, 0.25) is 5.02 Å². The summed E-state index contributed by atoms with van der Waals surface area (Å²) in [4.78, 5) is 1.96. The Morgan fingerprint density at radius 2 is 2.41 bits per heavy atom. The van der Waals surface area contributed by atoms with Crippen molar-refractivity contribution in [2.24, 2.45) is 0 Å². The van der Waals surface area contributed by atoms with Gasteiger partial charge in [0.25, 0.3) is 0 Å². The van der Waals surface area contributed by atoms with Gasteiger partial charge in [0.15, 0.2) is 0 Å². The van der Waals surface area contributed by atoms with Crippen molar-refractivity contribution < 1.29 is 4.39 Å². The molecule has 1 N–H and O–H groups in total. The molecule has 0 aromatic heterocycles. The van der Waals surface area contributed by atoms with Gasteiger partial charge in [-0.15, -0.1) is 0 Å². The van der Waals surface area contributed by atoms with Gasteiger partial charge in [-0.25, -0.2) is 4.39 Å². The zero-order valence-electron chi connectivity index (χ0n) is 9.29. The molecule has 0 bridgehead atoms. The molecule has 1 aromatic carbocycles. The van der Waals surface area contributed by atoms with E-state index in [0.29, 0.717) is 18.7 Å². The fraction of sp³-hybridized carbons (Fsp3) is 0.417. The highest BCUT2D eigenvalue weighted by Crippen LogP contribution is 2.20. The number of hydrogen-bond donors (Lipinski definition) is 1. The molecule has 0 spiro atoms. The molecule has 1 heterocycles. The smallest absolute Gasteiger partial charge is 0.146 e. The summed E-state index contributed by atoms with van der Waals surface area (Å²) in [6.45, 7) is 2.61. The monoisotopic (exact) mass is 253 g/mol. The molecule has 5 heteroatoms. The van der Waals surface area contributed by atoms with Gasteiger partial charge in [0, 0.05) is 31.7 Å². The van der Waals surface area contributed by atoms with Gasteiger partial charge in [0.1, 0.15) is 11.9 Å². The Morgan fingerprint density at radius 3 is 3.18 bits per heavy atom. The highest BCUT2D eigenvalue weighted by atomic mass is 35.5. The van der Waals surface area contributed by atoms with Crippen molar-refractivity contribution >= 4 is 11.6 Å². The summed E-state index contributed by atoms with van der Waals surface area (Å²) in [6.07, 6.45) is 0. The molecule has 0 amide bonds. The topological polar surface area (TPSA) is 39.1 Å². The lowest BCUT2D eigenvalue weighted by Crippen LogP contribution is -2.50. The first-order valence-electron chi connectivity index (χ1n) is 5.49. The van der Waals surface area contributed by atoms with Crippen molar-refractivity contribution in [1.29, 1.82) is 5.26 Å². The second-order valence-electron chi connectivity index (χ2n) is 4.03. The van der Waals surface area contributed by atoms with Crippen molar-refractivity contribution in [2.75, 3.05) is 19.6 Å². The molecule has 1 atom stereocenters. The molecule has 90 valence electrons. The summed E-state index contributed by atoms with van der Waals surface area (Å²) in [5.74, 6) is -0.385. The van der Waals surface area contributed by atoms with E-state index in [-0.39, 0.29) is 16.9 Å². The van der Waals surface area contributed by atoms with Crippen LogP contribution in [-0.2, 0) is 6.54 Å². The van der Waals surface area contributed by atoms with Gasteiger partial charge < -0.3 is 5.32 Å². The molecule has 2 rings (SSSR count). The molecular formula is C12H13ClFN3. The van der Waals surface area contributed by atoms with E-state index in [0.717, 1.165) is 13.1 Å². The van der Waals surface area contributed by atoms with Crippen molar-refractivity contribution in [2.45, 2.75) is 12.6 Å². The summed E-state index contributed by atoms with van der Waals surface area (Å²) in [7, 11) is 0. The van der Waals surface area contributed by atoms with Gasteiger partial charge in [0.05, 0.1) is 11.1 Å². The van der Waals surface area contributed by atoms with Gasteiger partial charge >= 0.3 is 0 Å². The van der Waals surface area contributed by atoms with Crippen molar-refractivity contribution in [1.82, 2.24) is 10.2 Å². The minimum absolute atomic E-state index is 0.131. The molecule has 0 radical (unpaired) electrons. The number of rotatable bonds is 2. The van der Waals surface area contributed by atoms with E-state index in [1.54, 1.807) is 12.1 Å². The van der Waals surface area contributed by atoms with Gasteiger partial charge in [-0.05, 0) is 6.07 Å². The van der Waals surface area contributed by atoms with E-state index in [1.807, 2.05) is 4.90 Å². The van der Waals surface area contributed by atoms with E-state index >= 15 is 0 Å². The Balaban J connectivity index is 2.14. The average molecular weight is 254 g/mol. The summed E-state index contributed by atoms with van der Waals surface area (Å²) in [6, 6.07) is 6.97. The van der Waals surface area contributed by atoms with Crippen LogP contribution in [-0.4, -0.2) is 30.6 Å². The molecule has 1 saturated heterocycles. The standard InChI is InChI=1S/C12H13ClFN3/c13-11-3-1-2-9(12(11)14)8-17-5-4-16-7-10(17)6-15/h1-3,10,16H,4-5,7-8H2. The maximum Gasteiger partial charge on any atom is 0.146 e. The number of nitrogens with one attached hydrogen (secondary N) is 1. The Bertz CT molecular complexity index is 444. The molecule has 0 saturated carbocycles. The summed E-state index contributed by atoms with van der Waals surface area (Å²) in [5.41, 5.74) is 0.541. The first-order chi connectivity index (χ1) is 8.22. The van der Waals surface area contributed by atoms with E-state index in [4.69, 9.17) is 16.9 Å². The maximum absolute atomic E-state index is 13.7. The minimum Gasteiger partial charge on any atom is -0.313 e. The Hall–Kier alpha value is -1.15. The molecule has 17 heavy (non-hydrogen) atoms. The van der Waals surface area contributed by atoms with Crippen LogP contribution in [0.4, 0.5) is 4.39 Å². The fourth-order valence-electron chi connectivity index (χ4n) is 1.95. The first kappa shape index (κ1) is 12.3. The highest BCUT2D eigenvalue weighted by Gasteiger charge is 2.22. The number of hydrogen-bond acceptors (Lipinski definition) is 3. The summed E-state index contributed by atoms with van der Waals surface area (Å²) in [5, 5.41) is 12.3. The van der Waals surface area contributed by atoms with Crippen molar-refractivity contribution in [3.63, 3.8) is 0 Å². The number of piperazine rings is 1. The maximum atomic E-state index is 13.7. The Kier molecular flexibility index (Phi) is 3.95. The lowest BCUT2D eigenvalue weighted by atomic mass is 10.1. The lowest BCUT2D eigenvalue weighted by molar-refractivity contribution is 0.187. The van der Waals surface area contributed by atoms with Crippen molar-refractivity contribution in [3.8, 4) is 6.07 Å². The third kappa shape index (κ3) is 2.75. The SMILES string of the molecule is N#CC1CNCCN1Cc1cccc(Cl)c1F. The predicted octanol–water partition coefficient (Wildman–Crippen LogP) is 1.78. The van der Waals surface area contributed by atoms with E-state index in [2.05, 4.69) is 11.4 Å². The number of nitriles is 1. The summed E-state index contributed by atoms with van der Waals surface area (Å²) >= 11 is 5.73. The van der Waals surface area contributed by atoms with Crippen LogP contribution in [0.5, 0.6) is 0 Å². The second-order valence-corrected chi connectivity index (χ2v) is 4.44. The molecule has 1 aromatic rings. The zero-order chi connectivity index (χ0) is 12.3. The van der Waals surface area contributed by atoms with Crippen LogP contribution in [0.15, 0.2) is 18.2 Å². The van der Waals surface area contributed by atoms with Crippen LogP contribution >= 0.6 is 11.6 Å². The molecule has 1 unspecified atom stereocenters. The number of benzene rings is 1. The molecule has 1 fully saturated rings. The predicted molar refractivity (Wildman–Crippen MR) is 64.1 cm³/mol. The fourth-order valence-corrected chi connectivity index (χ4v) is 2.15. The van der Waals surface area contributed by atoms with Gasteiger partial charge in [-0.1, -0.05) is 23.7 Å². The molecule has 0 aliphatic carbocycles. The quantitative estimate of drug-likeness (QED) is 0.873. The normalized spacial score (nSPS) is 21.1. The van der Waals surface area contributed by atoms with Crippen LogP contribution in [0, 0.1) is 17.1 Å². The van der Waals surface area contributed by atoms with Crippen LogP contribution in [0.25, 0.3) is 0 Å². The summed E-state index contributed by atoms with van der Waals surface area (Å²) < 4.78 is 13.7. The third-order valence-corrected chi connectivity index (χ3v) is 3.20. The van der Waals surface area contributed by atoms with Crippen LogP contribution < -0.4 is 5.32 Å². The highest BCUT2D eigenvalue weighted by molar-refractivity contribution is 6.30. The van der Waals surface area contributed by atoms with E-state index in [1.165, 1.54) is 6.07 Å². The van der Waals surface area contributed by atoms with Gasteiger partial charge in [0.2, 0.25) is 0 Å². The van der Waals surface area contributed by atoms with E-state index in [9.17, 15) is 4.39 Å². The van der Waals surface area contributed by atoms with Gasteiger partial charge in [-0.2, -0.15) is 5.26 Å². The molecule has 3 nitrogen and oxygen atoms in total. The van der Waals surface area contributed by atoms with Crippen molar-refractivity contribution in [3.05, 3.63) is 34.6 Å². The molecule has 1 aliphatic heterocycles. The lowest BCUT2D eigenvalue weighted by Gasteiger charge is -2.31. The average Bonchev–Trinajstić information content (AvgIpc) is 2.35. The zero-order valence-corrected chi connectivity index (χ0v) is 10.0. The molecule has 1 aliphatic rings. The van der Waals surface area contributed by atoms with E-state index < -0.39 is 0 Å². The second kappa shape index (κ2) is 5.46. The Morgan fingerprint density at radius 1 is 1.59 bits per heavy atom. The largest absolute Gasteiger partial charge is 0.313 e. The number of nitrogens with zero attached hydrogens (tertiary/aromatic N) is 2. The van der Waals surface area contributed by atoms with Crippen LogP contribution in [0.1, 0.15) is 5.56 Å². The molecular weight excluding hydrogens is 241 g/mol. The number of halogens is 2.